The highest BCUT2D eigenvalue weighted by molar-refractivity contribution is 5.84. The molecule has 2 fully saturated rings. The third-order valence-corrected chi connectivity index (χ3v) is 6.60. The zero-order valence-corrected chi connectivity index (χ0v) is 18.0. The minimum absolute atomic E-state index is 0.0738. The SMILES string of the molecule is Cc1cc(=O)[nH]c2ccc(-n3c(CN4CCOCC4)ccc3N3CCCC3CO)cc12. The summed E-state index contributed by atoms with van der Waals surface area (Å²) in [6.07, 6.45) is 2.10. The molecular formula is C24H30N4O3. The Balaban J connectivity index is 1.61. The number of pyridine rings is 1. The Morgan fingerprint density at radius 1 is 1.13 bits per heavy atom. The molecule has 0 saturated carbocycles. The molecule has 2 aliphatic heterocycles. The average molecular weight is 423 g/mol. The molecule has 164 valence electrons. The molecule has 0 spiro atoms. The molecule has 3 aromatic rings. The number of aromatic nitrogens is 2. The van der Waals surface area contributed by atoms with Gasteiger partial charge in [0.05, 0.1) is 25.9 Å². The smallest absolute Gasteiger partial charge is 0.248 e. The Labute approximate surface area is 181 Å². The molecule has 2 saturated heterocycles. The van der Waals surface area contributed by atoms with Crippen LogP contribution in [0.3, 0.4) is 0 Å². The van der Waals surface area contributed by atoms with Crippen molar-refractivity contribution in [3.05, 3.63) is 58.0 Å². The summed E-state index contributed by atoms with van der Waals surface area (Å²) >= 11 is 0. The van der Waals surface area contributed by atoms with Crippen molar-refractivity contribution >= 4 is 16.7 Å². The van der Waals surface area contributed by atoms with Crippen LogP contribution in [0.2, 0.25) is 0 Å². The highest BCUT2D eigenvalue weighted by atomic mass is 16.5. The van der Waals surface area contributed by atoms with Gasteiger partial charge in [0.15, 0.2) is 0 Å². The number of benzene rings is 1. The Bertz CT molecular complexity index is 1130. The number of fused-ring (bicyclic) bond motifs is 1. The minimum Gasteiger partial charge on any atom is -0.394 e. The lowest BCUT2D eigenvalue weighted by molar-refractivity contribution is 0.0334. The van der Waals surface area contributed by atoms with Crippen LogP contribution in [0.5, 0.6) is 0 Å². The van der Waals surface area contributed by atoms with Gasteiger partial charge in [-0.05, 0) is 55.7 Å². The van der Waals surface area contributed by atoms with Crippen molar-refractivity contribution in [3.63, 3.8) is 0 Å². The standard InChI is InChI=1S/C24H30N4O3/c1-17-13-23(30)25-22-6-4-18(14-21(17)22)28-19(15-26-9-11-31-12-10-26)5-7-24(28)27-8-2-3-20(27)16-29/h4-7,13-14,20,29H,2-3,8-12,15-16H2,1H3,(H,25,30). The van der Waals surface area contributed by atoms with Gasteiger partial charge >= 0.3 is 0 Å². The number of morpholine rings is 1. The van der Waals surface area contributed by atoms with Gasteiger partial charge < -0.3 is 19.7 Å². The Hall–Kier alpha value is -2.61. The number of hydrogen-bond acceptors (Lipinski definition) is 5. The lowest BCUT2D eigenvalue weighted by Crippen LogP contribution is -2.36. The van der Waals surface area contributed by atoms with Crippen molar-refractivity contribution in [2.45, 2.75) is 32.4 Å². The van der Waals surface area contributed by atoms with Crippen LogP contribution in [-0.4, -0.2) is 65.1 Å². The first-order chi connectivity index (χ1) is 15.1. The van der Waals surface area contributed by atoms with Gasteiger partial charge in [0.1, 0.15) is 5.82 Å². The van der Waals surface area contributed by atoms with Gasteiger partial charge in [0.25, 0.3) is 0 Å². The van der Waals surface area contributed by atoms with E-state index in [2.05, 4.69) is 43.6 Å². The first-order valence-corrected chi connectivity index (χ1v) is 11.2. The molecule has 0 bridgehead atoms. The van der Waals surface area contributed by atoms with Crippen LogP contribution in [0, 0.1) is 6.92 Å². The second-order valence-corrected chi connectivity index (χ2v) is 8.63. The van der Waals surface area contributed by atoms with Crippen LogP contribution in [-0.2, 0) is 11.3 Å². The van der Waals surface area contributed by atoms with Crippen molar-refractivity contribution in [2.75, 3.05) is 44.4 Å². The molecule has 1 aromatic carbocycles. The van der Waals surface area contributed by atoms with Gasteiger partial charge in [0.2, 0.25) is 5.56 Å². The summed E-state index contributed by atoms with van der Waals surface area (Å²) in [6.45, 7) is 7.36. The van der Waals surface area contributed by atoms with E-state index in [0.717, 1.165) is 80.2 Å². The van der Waals surface area contributed by atoms with Gasteiger partial charge in [-0.25, -0.2) is 0 Å². The average Bonchev–Trinajstić information content (AvgIpc) is 3.41. The molecule has 0 aliphatic carbocycles. The molecule has 2 aromatic heterocycles. The predicted octanol–water partition coefficient (Wildman–Crippen LogP) is 2.42. The number of aryl methyl sites for hydroxylation is 1. The van der Waals surface area contributed by atoms with Crippen LogP contribution >= 0.6 is 0 Å². The monoisotopic (exact) mass is 422 g/mol. The van der Waals surface area contributed by atoms with Gasteiger partial charge in [-0.1, -0.05) is 0 Å². The number of hydrogen-bond donors (Lipinski definition) is 2. The maximum Gasteiger partial charge on any atom is 0.248 e. The van der Waals surface area contributed by atoms with E-state index in [1.807, 2.05) is 13.0 Å². The van der Waals surface area contributed by atoms with E-state index in [4.69, 9.17) is 4.74 Å². The molecule has 1 atom stereocenters. The molecular weight excluding hydrogens is 392 g/mol. The zero-order chi connectivity index (χ0) is 21.4. The van der Waals surface area contributed by atoms with Crippen molar-refractivity contribution in [3.8, 4) is 5.69 Å². The van der Waals surface area contributed by atoms with Crippen LogP contribution in [0.1, 0.15) is 24.1 Å². The molecule has 2 aliphatic rings. The number of nitrogens with zero attached hydrogens (tertiary/aromatic N) is 3. The second kappa shape index (κ2) is 8.49. The van der Waals surface area contributed by atoms with Crippen molar-refractivity contribution in [1.82, 2.24) is 14.5 Å². The summed E-state index contributed by atoms with van der Waals surface area (Å²) in [5.74, 6) is 1.13. The van der Waals surface area contributed by atoms with Crippen LogP contribution in [0.4, 0.5) is 5.82 Å². The maximum absolute atomic E-state index is 11.9. The van der Waals surface area contributed by atoms with E-state index in [1.165, 1.54) is 5.69 Å². The van der Waals surface area contributed by atoms with Gasteiger partial charge in [-0.3, -0.25) is 14.3 Å². The van der Waals surface area contributed by atoms with Crippen LogP contribution < -0.4 is 10.5 Å². The number of ether oxygens (including phenoxy) is 1. The number of rotatable bonds is 5. The summed E-state index contributed by atoms with van der Waals surface area (Å²) < 4.78 is 7.85. The first kappa shape index (κ1) is 20.3. The molecule has 4 heterocycles. The topological polar surface area (TPSA) is 73.7 Å². The third kappa shape index (κ3) is 3.89. The lowest BCUT2D eigenvalue weighted by atomic mass is 10.1. The fourth-order valence-electron chi connectivity index (χ4n) is 4.98. The minimum atomic E-state index is -0.0738. The molecule has 7 nitrogen and oxygen atoms in total. The molecule has 5 rings (SSSR count). The number of aliphatic hydroxyl groups is 1. The van der Waals surface area contributed by atoms with Gasteiger partial charge in [0, 0.05) is 54.5 Å². The summed E-state index contributed by atoms with van der Waals surface area (Å²) in [5.41, 5.74) is 4.05. The molecule has 0 amide bonds. The van der Waals surface area contributed by atoms with E-state index in [-0.39, 0.29) is 18.2 Å². The van der Waals surface area contributed by atoms with E-state index in [9.17, 15) is 9.90 Å². The quantitative estimate of drug-likeness (QED) is 0.661. The molecule has 1 unspecified atom stereocenters. The summed E-state index contributed by atoms with van der Waals surface area (Å²) in [4.78, 5) is 19.6. The lowest BCUT2D eigenvalue weighted by Gasteiger charge is -2.30. The highest BCUT2D eigenvalue weighted by Gasteiger charge is 2.28. The van der Waals surface area contributed by atoms with Crippen molar-refractivity contribution in [1.29, 1.82) is 0 Å². The van der Waals surface area contributed by atoms with E-state index in [0.29, 0.717) is 0 Å². The number of nitrogens with one attached hydrogen (secondary N) is 1. The zero-order valence-electron chi connectivity index (χ0n) is 18.0. The van der Waals surface area contributed by atoms with Crippen LogP contribution in [0.25, 0.3) is 16.6 Å². The molecule has 7 heteroatoms. The Kier molecular flexibility index (Phi) is 5.56. The van der Waals surface area contributed by atoms with E-state index in [1.54, 1.807) is 6.07 Å². The molecule has 2 N–H and O–H groups in total. The Morgan fingerprint density at radius 3 is 2.77 bits per heavy atom. The first-order valence-electron chi connectivity index (χ1n) is 11.2. The fourth-order valence-corrected chi connectivity index (χ4v) is 4.98. The number of anilines is 1. The highest BCUT2D eigenvalue weighted by Crippen LogP contribution is 2.32. The fraction of sp³-hybridized carbons (Fsp3) is 0.458. The van der Waals surface area contributed by atoms with Gasteiger partial charge in [-0.15, -0.1) is 0 Å². The van der Waals surface area contributed by atoms with Crippen molar-refractivity contribution in [2.24, 2.45) is 0 Å². The maximum atomic E-state index is 11.9. The number of aromatic amines is 1. The number of H-pyrrole nitrogens is 1. The van der Waals surface area contributed by atoms with Gasteiger partial charge in [-0.2, -0.15) is 0 Å². The van der Waals surface area contributed by atoms with E-state index < -0.39 is 0 Å². The third-order valence-electron chi connectivity index (χ3n) is 6.60. The molecule has 31 heavy (non-hydrogen) atoms. The second-order valence-electron chi connectivity index (χ2n) is 8.63. The largest absolute Gasteiger partial charge is 0.394 e. The number of aliphatic hydroxyl groups excluding tert-OH is 1. The summed E-state index contributed by atoms with van der Waals surface area (Å²) in [5, 5.41) is 11.0. The predicted molar refractivity (Wildman–Crippen MR) is 122 cm³/mol. The van der Waals surface area contributed by atoms with Crippen LogP contribution in [0.15, 0.2) is 41.2 Å². The Morgan fingerprint density at radius 2 is 1.97 bits per heavy atom. The summed E-state index contributed by atoms with van der Waals surface area (Å²) in [6, 6.07) is 12.4. The van der Waals surface area contributed by atoms with E-state index >= 15 is 0 Å². The normalized spacial score (nSPS) is 20.1. The summed E-state index contributed by atoms with van der Waals surface area (Å²) in [7, 11) is 0. The van der Waals surface area contributed by atoms with Crippen molar-refractivity contribution < 1.29 is 9.84 Å². The molecule has 0 radical (unpaired) electrons.